The number of nitrogens with zero attached hydrogens (tertiary/aromatic N) is 5. The number of hydrogen-bond acceptors (Lipinski definition) is 5. The summed E-state index contributed by atoms with van der Waals surface area (Å²) in [6.07, 6.45) is 1.48. The van der Waals surface area contributed by atoms with Crippen molar-refractivity contribution in [2.45, 2.75) is 13.0 Å². The van der Waals surface area contributed by atoms with Crippen LogP contribution in [-0.2, 0) is 0 Å². The third kappa shape index (κ3) is 2.71. The van der Waals surface area contributed by atoms with E-state index in [9.17, 15) is 4.79 Å². The van der Waals surface area contributed by atoms with E-state index < -0.39 is 0 Å². The van der Waals surface area contributed by atoms with E-state index in [1.807, 2.05) is 23.1 Å². The van der Waals surface area contributed by atoms with Crippen molar-refractivity contribution in [1.82, 2.24) is 25.1 Å². The second-order valence-corrected chi connectivity index (χ2v) is 6.43. The van der Waals surface area contributed by atoms with Crippen LogP contribution in [0.3, 0.4) is 0 Å². The third-order valence-corrected chi connectivity index (χ3v) is 4.78. The van der Waals surface area contributed by atoms with Crippen LogP contribution in [0.5, 0.6) is 5.75 Å². The highest BCUT2D eigenvalue weighted by Gasteiger charge is 2.40. The van der Waals surface area contributed by atoms with Gasteiger partial charge in [0.2, 0.25) is 0 Å². The number of amides is 1. The molecule has 0 bridgehead atoms. The summed E-state index contributed by atoms with van der Waals surface area (Å²) in [6, 6.07) is 15.6. The molecule has 1 aromatic heterocycles. The van der Waals surface area contributed by atoms with Gasteiger partial charge in [0.25, 0.3) is 5.91 Å². The Balaban J connectivity index is 1.65. The van der Waals surface area contributed by atoms with Crippen molar-refractivity contribution < 1.29 is 9.53 Å². The van der Waals surface area contributed by atoms with Crippen LogP contribution in [0.15, 0.2) is 54.9 Å². The highest BCUT2D eigenvalue weighted by Crippen LogP contribution is 2.39. The minimum Gasteiger partial charge on any atom is -0.494 e. The van der Waals surface area contributed by atoms with Gasteiger partial charge in [0.15, 0.2) is 0 Å². The molecular weight excluding hydrogens is 330 g/mol. The molecule has 7 heteroatoms. The zero-order chi connectivity index (χ0) is 18.1. The van der Waals surface area contributed by atoms with Gasteiger partial charge in [0.1, 0.15) is 17.8 Å². The first kappa shape index (κ1) is 16.3. The number of carbonyl (C=O) groups excluding carboxylic acids is 1. The van der Waals surface area contributed by atoms with Crippen molar-refractivity contribution in [3.05, 3.63) is 66.0 Å². The summed E-state index contributed by atoms with van der Waals surface area (Å²) in [6.45, 7) is 2.91. The molecule has 0 radical (unpaired) electrons. The molecule has 1 amide bonds. The number of rotatable bonds is 4. The predicted molar refractivity (Wildman–Crippen MR) is 95.1 cm³/mol. The monoisotopic (exact) mass is 349 g/mol. The molecule has 2 aromatic carbocycles. The maximum atomic E-state index is 13.1. The zero-order valence-corrected chi connectivity index (χ0v) is 14.6. The first-order valence-corrected chi connectivity index (χ1v) is 8.46. The van der Waals surface area contributed by atoms with Crippen molar-refractivity contribution in [2.24, 2.45) is 5.92 Å². The van der Waals surface area contributed by atoms with Crippen LogP contribution in [0, 0.1) is 5.92 Å². The van der Waals surface area contributed by atoms with Gasteiger partial charge in [0, 0.05) is 12.1 Å². The Kier molecular flexibility index (Phi) is 4.12. The number of carbonyl (C=O) groups is 1. The van der Waals surface area contributed by atoms with Crippen molar-refractivity contribution in [2.75, 3.05) is 13.7 Å². The largest absolute Gasteiger partial charge is 0.494 e. The Morgan fingerprint density at radius 3 is 2.65 bits per heavy atom. The number of benzene rings is 2. The lowest BCUT2D eigenvalue weighted by Crippen LogP contribution is -2.51. The normalized spacial score (nSPS) is 19.1. The average molecular weight is 349 g/mol. The summed E-state index contributed by atoms with van der Waals surface area (Å²) in [5, 5.41) is 11.2. The SMILES string of the molecule is COc1ccc(C(=O)N2CC(C)C2c2ccccc2)cc1-n1cnnn1. The first-order chi connectivity index (χ1) is 12.7. The summed E-state index contributed by atoms with van der Waals surface area (Å²) in [5.74, 6) is 1.03. The van der Waals surface area contributed by atoms with E-state index in [1.54, 1.807) is 25.3 Å². The van der Waals surface area contributed by atoms with Crippen LogP contribution < -0.4 is 4.74 Å². The Hall–Kier alpha value is -3.22. The lowest BCUT2D eigenvalue weighted by Gasteiger charge is -2.47. The minimum atomic E-state index is -0.00562. The van der Waals surface area contributed by atoms with E-state index >= 15 is 0 Å². The molecule has 2 unspecified atom stereocenters. The maximum absolute atomic E-state index is 13.1. The van der Waals surface area contributed by atoms with E-state index in [0.29, 0.717) is 22.9 Å². The zero-order valence-electron chi connectivity index (χ0n) is 14.6. The van der Waals surface area contributed by atoms with Gasteiger partial charge in [0.05, 0.1) is 13.2 Å². The quantitative estimate of drug-likeness (QED) is 0.724. The van der Waals surface area contributed by atoms with Gasteiger partial charge in [-0.3, -0.25) is 4.79 Å². The van der Waals surface area contributed by atoms with Gasteiger partial charge in [-0.25, -0.2) is 0 Å². The number of ether oxygens (including phenoxy) is 1. The second-order valence-electron chi connectivity index (χ2n) is 6.43. The molecule has 1 saturated heterocycles. The van der Waals surface area contributed by atoms with E-state index in [1.165, 1.54) is 11.0 Å². The Morgan fingerprint density at radius 1 is 1.19 bits per heavy atom. The predicted octanol–water partition coefficient (Wildman–Crippen LogP) is 2.50. The van der Waals surface area contributed by atoms with E-state index in [4.69, 9.17) is 4.74 Å². The number of aromatic nitrogens is 4. The number of likely N-dealkylation sites (tertiary alicyclic amines) is 1. The molecule has 0 spiro atoms. The molecule has 3 aromatic rings. The molecule has 132 valence electrons. The summed E-state index contributed by atoms with van der Waals surface area (Å²) in [4.78, 5) is 15.0. The molecule has 1 aliphatic rings. The summed E-state index contributed by atoms with van der Waals surface area (Å²) in [5.41, 5.74) is 2.38. The maximum Gasteiger partial charge on any atom is 0.254 e. The lowest BCUT2D eigenvalue weighted by molar-refractivity contribution is 0.0197. The highest BCUT2D eigenvalue weighted by atomic mass is 16.5. The smallest absolute Gasteiger partial charge is 0.254 e. The van der Waals surface area contributed by atoms with Gasteiger partial charge in [-0.1, -0.05) is 37.3 Å². The van der Waals surface area contributed by atoms with Crippen LogP contribution >= 0.6 is 0 Å². The van der Waals surface area contributed by atoms with Gasteiger partial charge in [-0.05, 0) is 40.1 Å². The van der Waals surface area contributed by atoms with E-state index in [0.717, 1.165) is 12.1 Å². The first-order valence-electron chi connectivity index (χ1n) is 8.46. The van der Waals surface area contributed by atoms with Gasteiger partial charge < -0.3 is 9.64 Å². The fourth-order valence-corrected chi connectivity index (χ4v) is 3.50. The molecule has 2 heterocycles. The highest BCUT2D eigenvalue weighted by molar-refractivity contribution is 5.96. The van der Waals surface area contributed by atoms with Gasteiger partial charge >= 0.3 is 0 Å². The molecule has 4 rings (SSSR count). The molecule has 0 saturated carbocycles. The number of hydrogen-bond donors (Lipinski definition) is 0. The molecule has 0 N–H and O–H groups in total. The van der Waals surface area contributed by atoms with Crippen LogP contribution in [-0.4, -0.2) is 44.7 Å². The molecule has 0 aliphatic carbocycles. The van der Waals surface area contributed by atoms with Crippen LogP contribution in [0.1, 0.15) is 28.9 Å². The van der Waals surface area contributed by atoms with Gasteiger partial charge in [-0.15, -0.1) is 5.10 Å². The Morgan fingerprint density at radius 2 is 2.00 bits per heavy atom. The van der Waals surface area contributed by atoms with E-state index in [-0.39, 0.29) is 11.9 Å². The molecule has 7 nitrogen and oxygen atoms in total. The Labute approximate surface area is 151 Å². The van der Waals surface area contributed by atoms with Crippen LogP contribution in [0.25, 0.3) is 5.69 Å². The summed E-state index contributed by atoms with van der Waals surface area (Å²) in [7, 11) is 1.58. The molecule has 26 heavy (non-hydrogen) atoms. The summed E-state index contributed by atoms with van der Waals surface area (Å²) < 4.78 is 6.86. The van der Waals surface area contributed by atoms with Crippen molar-refractivity contribution in [1.29, 1.82) is 0 Å². The molecule has 1 fully saturated rings. The fraction of sp³-hybridized carbons (Fsp3) is 0.263. The molecule has 1 aliphatic heterocycles. The van der Waals surface area contributed by atoms with Crippen LogP contribution in [0.2, 0.25) is 0 Å². The molecule has 2 atom stereocenters. The third-order valence-electron chi connectivity index (χ3n) is 4.78. The van der Waals surface area contributed by atoms with Gasteiger partial charge in [-0.2, -0.15) is 4.68 Å². The van der Waals surface area contributed by atoms with E-state index in [2.05, 4.69) is 34.6 Å². The second kappa shape index (κ2) is 6.59. The van der Waals surface area contributed by atoms with Crippen molar-refractivity contribution in [3.63, 3.8) is 0 Å². The van der Waals surface area contributed by atoms with Crippen molar-refractivity contribution in [3.8, 4) is 11.4 Å². The van der Waals surface area contributed by atoms with Crippen molar-refractivity contribution >= 4 is 5.91 Å². The summed E-state index contributed by atoms with van der Waals surface area (Å²) >= 11 is 0. The number of methoxy groups -OCH3 is 1. The fourth-order valence-electron chi connectivity index (χ4n) is 3.50. The number of tetrazole rings is 1. The Bertz CT molecular complexity index is 911. The molecular formula is C19H19N5O2. The standard InChI is InChI=1S/C19H19N5O2/c1-13-11-23(18(13)14-6-4-3-5-7-14)19(25)15-8-9-17(26-2)16(10-15)24-12-20-21-22-24/h3-10,12-13,18H,11H2,1-2H3. The minimum absolute atomic E-state index is 0.00562. The van der Waals surface area contributed by atoms with Crippen LogP contribution in [0.4, 0.5) is 0 Å². The average Bonchev–Trinajstić information content (AvgIpc) is 3.20. The topological polar surface area (TPSA) is 73.1 Å². The lowest BCUT2D eigenvalue weighted by atomic mass is 9.84.